The van der Waals surface area contributed by atoms with Gasteiger partial charge in [-0.2, -0.15) is 0 Å². The predicted octanol–water partition coefficient (Wildman–Crippen LogP) is 5.77. The third kappa shape index (κ3) is 7.44. The molecule has 0 saturated heterocycles. The summed E-state index contributed by atoms with van der Waals surface area (Å²) in [6.45, 7) is 2.85. The van der Waals surface area contributed by atoms with Gasteiger partial charge in [-0.05, 0) is 95.4 Å². The van der Waals surface area contributed by atoms with Crippen molar-refractivity contribution in [2.24, 2.45) is 28.3 Å². The van der Waals surface area contributed by atoms with Crippen molar-refractivity contribution in [2.45, 2.75) is 39.2 Å². The fraction of sp³-hybridized carbons (Fsp3) is 0.300. The molecule has 7 nitrogen and oxygen atoms in total. The van der Waals surface area contributed by atoms with E-state index in [0.29, 0.717) is 28.2 Å². The Labute approximate surface area is 231 Å². The van der Waals surface area contributed by atoms with Crippen LogP contribution in [0.4, 0.5) is 0 Å². The van der Waals surface area contributed by atoms with Crippen LogP contribution in [0.25, 0.3) is 11.1 Å². The lowest BCUT2D eigenvalue weighted by atomic mass is 9.82. The zero-order chi connectivity index (χ0) is 27.1. The van der Waals surface area contributed by atoms with Gasteiger partial charge in [-0.25, -0.2) is 4.79 Å². The Kier molecular flexibility index (Phi) is 9.18. The standard InChI is InChI=1S/C30H32BrN3O4/c1-19-2-4-21(5-3-19)18-37-28(35)23-12-10-22(11-13-23)25-14-15-27(26(31)16-25)38-29(36)24-8-6-20(7-9-24)17-34-30(32)33/h2-5,10-16,20,24H,6-9,17-18H2,1H3,(H4,32,33,34). The Hall–Kier alpha value is -3.65. The Morgan fingerprint density at radius 3 is 2.21 bits per heavy atom. The second-order valence-electron chi connectivity index (χ2n) is 9.69. The minimum Gasteiger partial charge on any atom is -0.457 e. The van der Waals surface area contributed by atoms with E-state index in [4.69, 9.17) is 20.9 Å². The van der Waals surface area contributed by atoms with E-state index in [1.54, 1.807) is 18.2 Å². The molecule has 0 unspecified atom stereocenters. The van der Waals surface area contributed by atoms with E-state index in [9.17, 15) is 9.59 Å². The highest BCUT2D eigenvalue weighted by atomic mass is 79.9. The highest BCUT2D eigenvalue weighted by Crippen LogP contribution is 2.34. The van der Waals surface area contributed by atoms with Crippen molar-refractivity contribution in [1.29, 1.82) is 0 Å². The van der Waals surface area contributed by atoms with Gasteiger partial charge >= 0.3 is 11.9 Å². The van der Waals surface area contributed by atoms with Crippen LogP contribution in [-0.2, 0) is 16.1 Å². The Balaban J connectivity index is 1.31. The number of hydrogen-bond acceptors (Lipinski definition) is 5. The van der Waals surface area contributed by atoms with Gasteiger partial charge in [0.15, 0.2) is 5.96 Å². The number of nitrogens with zero attached hydrogens (tertiary/aromatic N) is 1. The number of aryl methyl sites for hydroxylation is 1. The first-order valence-electron chi connectivity index (χ1n) is 12.7. The fourth-order valence-electron chi connectivity index (χ4n) is 4.49. The number of carbonyl (C=O) groups excluding carboxylic acids is 2. The van der Waals surface area contributed by atoms with Crippen LogP contribution in [0, 0.1) is 18.8 Å². The largest absolute Gasteiger partial charge is 0.457 e. The van der Waals surface area contributed by atoms with Gasteiger partial charge in [0.2, 0.25) is 0 Å². The number of esters is 2. The molecule has 3 aromatic rings. The van der Waals surface area contributed by atoms with Crippen molar-refractivity contribution >= 4 is 33.8 Å². The highest BCUT2D eigenvalue weighted by Gasteiger charge is 2.28. The summed E-state index contributed by atoms with van der Waals surface area (Å²) >= 11 is 3.54. The fourth-order valence-corrected chi connectivity index (χ4v) is 4.95. The SMILES string of the molecule is Cc1ccc(COC(=O)c2ccc(-c3ccc(OC(=O)C4CCC(CN=C(N)N)CC4)c(Br)c3)cc2)cc1. The topological polar surface area (TPSA) is 117 Å². The zero-order valence-corrected chi connectivity index (χ0v) is 22.9. The summed E-state index contributed by atoms with van der Waals surface area (Å²) in [7, 11) is 0. The van der Waals surface area contributed by atoms with Gasteiger partial charge in [-0.15, -0.1) is 0 Å². The van der Waals surface area contributed by atoms with Gasteiger partial charge in [0.1, 0.15) is 12.4 Å². The number of carbonyl (C=O) groups is 2. The van der Waals surface area contributed by atoms with Crippen molar-refractivity contribution in [3.05, 3.63) is 87.9 Å². The maximum Gasteiger partial charge on any atom is 0.338 e. The van der Waals surface area contributed by atoms with E-state index in [-0.39, 0.29) is 30.4 Å². The first-order valence-corrected chi connectivity index (χ1v) is 13.5. The summed E-state index contributed by atoms with van der Waals surface area (Å²) in [4.78, 5) is 29.3. The highest BCUT2D eigenvalue weighted by molar-refractivity contribution is 9.10. The summed E-state index contributed by atoms with van der Waals surface area (Å²) in [5.41, 5.74) is 15.3. The van der Waals surface area contributed by atoms with Gasteiger partial charge in [-0.3, -0.25) is 9.79 Å². The number of hydrogen-bond donors (Lipinski definition) is 2. The molecule has 4 N–H and O–H groups in total. The molecule has 0 aliphatic heterocycles. The number of halogens is 1. The van der Waals surface area contributed by atoms with Crippen LogP contribution in [0.2, 0.25) is 0 Å². The van der Waals surface area contributed by atoms with Gasteiger partial charge in [-0.1, -0.05) is 48.0 Å². The third-order valence-corrected chi connectivity index (χ3v) is 7.42. The molecule has 0 atom stereocenters. The molecular formula is C30H32BrN3O4. The lowest BCUT2D eigenvalue weighted by molar-refractivity contribution is -0.140. The van der Waals surface area contributed by atoms with Crippen molar-refractivity contribution in [2.75, 3.05) is 6.54 Å². The second-order valence-corrected chi connectivity index (χ2v) is 10.5. The average Bonchev–Trinajstić information content (AvgIpc) is 2.93. The van der Waals surface area contributed by atoms with Crippen molar-refractivity contribution < 1.29 is 19.1 Å². The van der Waals surface area contributed by atoms with Crippen LogP contribution in [0.3, 0.4) is 0 Å². The van der Waals surface area contributed by atoms with E-state index >= 15 is 0 Å². The monoisotopic (exact) mass is 577 g/mol. The van der Waals surface area contributed by atoms with Gasteiger partial charge in [0.05, 0.1) is 16.0 Å². The van der Waals surface area contributed by atoms with Crippen LogP contribution < -0.4 is 16.2 Å². The van der Waals surface area contributed by atoms with E-state index in [1.165, 1.54) is 0 Å². The summed E-state index contributed by atoms with van der Waals surface area (Å²) in [6, 6.07) is 20.7. The molecule has 1 aliphatic rings. The summed E-state index contributed by atoms with van der Waals surface area (Å²) < 4.78 is 11.8. The Morgan fingerprint density at radius 1 is 0.921 bits per heavy atom. The molecule has 4 rings (SSSR count). The van der Waals surface area contributed by atoms with Crippen molar-refractivity contribution in [3.63, 3.8) is 0 Å². The normalized spacial score (nSPS) is 16.9. The van der Waals surface area contributed by atoms with Crippen LogP contribution in [0.1, 0.15) is 47.2 Å². The zero-order valence-electron chi connectivity index (χ0n) is 21.4. The molecule has 0 bridgehead atoms. The number of ether oxygens (including phenoxy) is 2. The van der Waals surface area contributed by atoms with E-state index in [2.05, 4.69) is 20.9 Å². The Morgan fingerprint density at radius 2 is 1.58 bits per heavy atom. The molecule has 0 radical (unpaired) electrons. The number of guanidine groups is 1. The van der Waals surface area contributed by atoms with Gasteiger partial charge in [0, 0.05) is 6.54 Å². The quantitative estimate of drug-likeness (QED) is 0.152. The number of nitrogens with two attached hydrogens (primary N) is 2. The second kappa shape index (κ2) is 12.7. The van der Waals surface area contributed by atoms with Gasteiger partial charge in [0.25, 0.3) is 0 Å². The molecular weight excluding hydrogens is 546 g/mol. The van der Waals surface area contributed by atoms with Gasteiger partial charge < -0.3 is 20.9 Å². The minimum atomic E-state index is -0.370. The minimum absolute atomic E-state index is 0.104. The first-order chi connectivity index (χ1) is 18.3. The number of aliphatic imine (C=N–C) groups is 1. The molecule has 198 valence electrons. The molecule has 3 aromatic carbocycles. The van der Waals surface area contributed by atoms with E-state index in [1.807, 2.05) is 55.5 Å². The molecule has 0 aromatic heterocycles. The molecule has 1 aliphatic carbocycles. The lowest BCUT2D eigenvalue weighted by Crippen LogP contribution is -2.28. The molecule has 1 fully saturated rings. The lowest BCUT2D eigenvalue weighted by Gasteiger charge is -2.26. The maximum absolute atomic E-state index is 12.8. The van der Waals surface area contributed by atoms with Crippen LogP contribution in [0.15, 0.2) is 76.2 Å². The Bertz CT molecular complexity index is 1290. The molecule has 1 saturated carbocycles. The smallest absolute Gasteiger partial charge is 0.338 e. The van der Waals surface area contributed by atoms with Crippen molar-refractivity contribution in [1.82, 2.24) is 0 Å². The molecule has 38 heavy (non-hydrogen) atoms. The van der Waals surface area contributed by atoms with Crippen LogP contribution in [0.5, 0.6) is 5.75 Å². The van der Waals surface area contributed by atoms with Crippen LogP contribution in [-0.4, -0.2) is 24.4 Å². The van der Waals surface area contributed by atoms with E-state index < -0.39 is 0 Å². The number of benzene rings is 3. The predicted molar refractivity (Wildman–Crippen MR) is 152 cm³/mol. The molecule has 0 spiro atoms. The molecule has 0 amide bonds. The maximum atomic E-state index is 12.8. The summed E-state index contributed by atoms with van der Waals surface area (Å²) in [5.74, 6) is 0.270. The summed E-state index contributed by atoms with van der Waals surface area (Å²) in [5, 5.41) is 0. The molecule has 8 heteroatoms. The van der Waals surface area contributed by atoms with E-state index in [0.717, 1.165) is 47.9 Å². The summed E-state index contributed by atoms with van der Waals surface area (Å²) in [6.07, 6.45) is 3.32. The molecule has 0 heterocycles. The first kappa shape index (κ1) is 27.4. The third-order valence-electron chi connectivity index (χ3n) is 6.80. The van der Waals surface area contributed by atoms with Crippen molar-refractivity contribution in [3.8, 4) is 16.9 Å². The average molecular weight is 579 g/mol. The number of rotatable bonds is 8. The van der Waals surface area contributed by atoms with Crippen LogP contribution >= 0.6 is 15.9 Å².